The number of fused-ring (bicyclic) bond motifs is 1. The molecule has 1 aromatic heterocycles. The highest BCUT2D eigenvalue weighted by molar-refractivity contribution is 5.30. The third-order valence-electron chi connectivity index (χ3n) is 3.02. The van der Waals surface area contributed by atoms with Crippen molar-refractivity contribution in [2.75, 3.05) is 0 Å². The average Bonchev–Trinajstić information content (AvgIpc) is 2.41. The Labute approximate surface area is 85.0 Å². The molecule has 14 heavy (non-hydrogen) atoms. The van der Waals surface area contributed by atoms with Crippen LogP contribution in [0.25, 0.3) is 0 Å². The Hall–Kier alpha value is -0.890. The first-order valence-electron chi connectivity index (χ1n) is 5.40. The maximum Gasteiger partial charge on any atom is 0.0699 e. The Bertz CT molecular complexity index is 333. The summed E-state index contributed by atoms with van der Waals surface area (Å²) in [5.41, 5.74) is 4.60. The monoisotopic (exact) mass is 191 g/mol. The van der Waals surface area contributed by atoms with Gasteiger partial charge in [-0.3, -0.25) is 4.98 Å². The van der Waals surface area contributed by atoms with Crippen LogP contribution in [0, 0.1) is 6.92 Å². The van der Waals surface area contributed by atoms with Crippen LogP contribution in [0.5, 0.6) is 0 Å². The molecular formula is C12H17NO. The summed E-state index contributed by atoms with van der Waals surface area (Å²) in [6.45, 7) is 2.10. The number of hydrogen-bond donors (Lipinski definition) is 1. The minimum atomic E-state index is 0.117. The fourth-order valence-corrected chi connectivity index (χ4v) is 2.12. The van der Waals surface area contributed by atoms with Gasteiger partial charge in [0.15, 0.2) is 0 Å². The van der Waals surface area contributed by atoms with Crippen LogP contribution in [0.2, 0.25) is 0 Å². The topological polar surface area (TPSA) is 33.1 Å². The SMILES string of the molecule is Cc1nc2c(cc1CO)CCCCC2. The molecule has 1 aromatic rings. The maximum absolute atomic E-state index is 9.15. The predicted octanol–water partition coefficient (Wildman–Crippen LogP) is 2.15. The fraction of sp³-hybridized carbons (Fsp3) is 0.583. The Morgan fingerprint density at radius 3 is 2.86 bits per heavy atom. The lowest BCUT2D eigenvalue weighted by molar-refractivity contribution is 0.280. The molecule has 0 aliphatic heterocycles. The van der Waals surface area contributed by atoms with Crippen molar-refractivity contribution < 1.29 is 5.11 Å². The van der Waals surface area contributed by atoms with Gasteiger partial charge in [0.2, 0.25) is 0 Å². The predicted molar refractivity (Wildman–Crippen MR) is 56.2 cm³/mol. The largest absolute Gasteiger partial charge is 0.392 e. The van der Waals surface area contributed by atoms with Crippen molar-refractivity contribution >= 4 is 0 Å². The lowest BCUT2D eigenvalue weighted by Gasteiger charge is -2.09. The number of nitrogens with zero attached hydrogens (tertiary/aromatic N) is 1. The minimum Gasteiger partial charge on any atom is -0.392 e. The van der Waals surface area contributed by atoms with E-state index in [1.54, 1.807) is 0 Å². The first kappa shape index (κ1) is 9.66. The van der Waals surface area contributed by atoms with Crippen molar-refractivity contribution in [2.45, 2.75) is 45.6 Å². The quantitative estimate of drug-likeness (QED) is 0.690. The number of pyridine rings is 1. The highest BCUT2D eigenvalue weighted by Crippen LogP contribution is 2.21. The number of hydrogen-bond acceptors (Lipinski definition) is 2. The summed E-state index contributed by atoms with van der Waals surface area (Å²) in [7, 11) is 0. The van der Waals surface area contributed by atoms with E-state index in [0.29, 0.717) is 0 Å². The van der Waals surface area contributed by atoms with Gasteiger partial charge in [0.1, 0.15) is 0 Å². The number of aliphatic hydroxyl groups is 1. The summed E-state index contributed by atoms with van der Waals surface area (Å²) >= 11 is 0. The highest BCUT2D eigenvalue weighted by atomic mass is 16.3. The Balaban J connectivity index is 2.41. The van der Waals surface area contributed by atoms with Crippen molar-refractivity contribution in [1.82, 2.24) is 4.98 Å². The van der Waals surface area contributed by atoms with Gasteiger partial charge in [0.05, 0.1) is 6.61 Å². The number of aromatic nitrogens is 1. The maximum atomic E-state index is 9.15. The van der Waals surface area contributed by atoms with Gasteiger partial charge in [0.25, 0.3) is 0 Å². The van der Waals surface area contributed by atoms with E-state index < -0.39 is 0 Å². The van der Waals surface area contributed by atoms with E-state index in [1.165, 1.54) is 30.5 Å². The van der Waals surface area contributed by atoms with Crippen LogP contribution < -0.4 is 0 Å². The Kier molecular flexibility index (Phi) is 2.82. The van der Waals surface area contributed by atoms with Crippen LogP contribution in [0.4, 0.5) is 0 Å². The molecule has 0 radical (unpaired) electrons. The van der Waals surface area contributed by atoms with Crippen LogP contribution in [-0.4, -0.2) is 10.1 Å². The lowest BCUT2D eigenvalue weighted by atomic mass is 10.0. The van der Waals surface area contributed by atoms with Gasteiger partial charge in [-0.25, -0.2) is 0 Å². The van der Waals surface area contributed by atoms with E-state index in [1.807, 2.05) is 6.92 Å². The molecule has 1 aliphatic carbocycles. The van der Waals surface area contributed by atoms with Gasteiger partial charge in [0, 0.05) is 11.4 Å². The van der Waals surface area contributed by atoms with E-state index >= 15 is 0 Å². The highest BCUT2D eigenvalue weighted by Gasteiger charge is 2.11. The van der Waals surface area contributed by atoms with Gasteiger partial charge in [-0.05, 0) is 49.8 Å². The van der Waals surface area contributed by atoms with Crippen molar-refractivity contribution in [2.24, 2.45) is 0 Å². The van der Waals surface area contributed by atoms with Crippen LogP contribution in [0.15, 0.2) is 6.07 Å². The minimum absolute atomic E-state index is 0.117. The third kappa shape index (κ3) is 1.80. The van der Waals surface area contributed by atoms with Crippen molar-refractivity contribution in [3.8, 4) is 0 Å². The molecule has 1 heterocycles. The van der Waals surface area contributed by atoms with Crippen molar-refractivity contribution in [1.29, 1.82) is 0 Å². The molecule has 0 bridgehead atoms. The lowest BCUT2D eigenvalue weighted by Crippen LogP contribution is -2.02. The molecule has 2 nitrogen and oxygen atoms in total. The standard InChI is InChI=1S/C12H17NO/c1-9-11(8-14)7-10-5-3-2-4-6-12(10)13-9/h7,14H,2-6,8H2,1H3. The van der Waals surface area contributed by atoms with Gasteiger partial charge >= 0.3 is 0 Å². The summed E-state index contributed by atoms with van der Waals surface area (Å²) in [6.07, 6.45) is 6.09. The normalized spacial score (nSPS) is 16.1. The van der Waals surface area contributed by atoms with Gasteiger partial charge < -0.3 is 5.11 Å². The molecule has 0 atom stereocenters. The molecule has 0 unspecified atom stereocenters. The van der Waals surface area contributed by atoms with E-state index in [0.717, 1.165) is 24.1 Å². The Morgan fingerprint density at radius 1 is 1.29 bits per heavy atom. The summed E-state index contributed by atoms with van der Waals surface area (Å²) < 4.78 is 0. The van der Waals surface area contributed by atoms with Crippen molar-refractivity contribution in [3.05, 3.63) is 28.6 Å². The molecule has 0 fully saturated rings. The summed E-state index contributed by atoms with van der Waals surface area (Å²) in [4.78, 5) is 4.58. The second-order valence-corrected chi connectivity index (χ2v) is 4.06. The summed E-state index contributed by atoms with van der Waals surface area (Å²) in [6, 6.07) is 2.14. The molecule has 76 valence electrons. The van der Waals surface area contributed by atoms with Crippen LogP contribution in [0.1, 0.15) is 41.8 Å². The van der Waals surface area contributed by atoms with Gasteiger partial charge in [-0.2, -0.15) is 0 Å². The average molecular weight is 191 g/mol. The summed E-state index contributed by atoms with van der Waals surface area (Å²) in [5, 5.41) is 9.15. The molecule has 0 saturated heterocycles. The third-order valence-corrected chi connectivity index (χ3v) is 3.02. The van der Waals surface area contributed by atoms with E-state index in [-0.39, 0.29) is 6.61 Å². The number of aryl methyl sites for hydroxylation is 3. The van der Waals surface area contributed by atoms with Gasteiger partial charge in [-0.15, -0.1) is 0 Å². The van der Waals surface area contributed by atoms with E-state index in [9.17, 15) is 0 Å². The van der Waals surface area contributed by atoms with E-state index in [2.05, 4.69) is 11.1 Å². The molecule has 2 rings (SSSR count). The molecule has 0 saturated carbocycles. The smallest absolute Gasteiger partial charge is 0.0699 e. The molecule has 0 aromatic carbocycles. The van der Waals surface area contributed by atoms with Crippen LogP contribution in [-0.2, 0) is 19.4 Å². The first-order chi connectivity index (χ1) is 6.81. The first-order valence-corrected chi connectivity index (χ1v) is 5.40. The van der Waals surface area contributed by atoms with E-state index in [4.69, 9.17) is 5.11 Å². The summed E-state index contributed by atoms with van der Waals surface area (Å²) in [5.74, 6) is 0. The zero-order valence-corrected chi connectivity index (χ0v) is 8.71. The molecule has 2 heteroatoms. The molecule has 0 spiro atoms. The van der Waals surface area contributed by atoms with Crippen LogP contribution >= 0.6 is 0 Å². The van der Waals surface area contributed by atoms with Gasteiger partial charge in [-0.1, -0.05) is 6.42 Å². The molecule has 1 N–H and O–H groups in total. The second kappa shape index (κ2) is 4.09. The number of aliphatic hydroxyl groups excluding tert-OH is 1. The molecular weight excluding hydrogens is 174 g/mol. The van der Waals surface area contributed by atoms with Crippen molar-refractivity contribution in [3.63, 3.8) is 0 Å². The second-order valence-electron chi connectivity index (χ2n) is 4.06. The fourth-order valence-electron chi connectivity index (χ4n) is 2.12. The Morgan fingerprint density at radius 2 is 2.07 bits per heavy atom. The van der Waals surface area contributed by atoms with Crippen LogP contribution in [0.3, 0.4) is 0 Å². The number of rotatable bonds is 1. The molecule has 0 amide bonds. The zero-order valence-electron chi connectivity index (χ0n) is 8.71. The zero-order chi connectivity index (χ0) is 9.97. The molecule has 1 aliphatic rings.